The Bertz CT molecular complexity index is 6180. The van der Waals surface area contributed by atoms with Gasteiger partial charge in [0.25, 0.3) is 0 Å². The van der Waals surface area contributed by atoms with Crippen LogP contribution in [0.25, 0.3) is 171 Å². The molecule has 0 amide bonds. The van der Waals surface area contributed by atoms with Crippen LogP contribution in [0.4, 0.5) is 0 Å². The fourth-order valence-electron chi connectivity index (χ4n) is 15.1. The molecule has 19 aromatic rings. The molecule has 0 radical (unpaired) electrons. The third kappa shape index (κ3) is 6.34. The third-order valence-electron chi connectivity index (χ3n) is 18.5. The summed E-state index contributed by atoms with van der Waals surface area (Å²) >= 11 is 0. The highest BCUT2D eigenvalue weighted by Gasteiger charge is 2.35. The molecule has 0 aliphatic heterocycles. The topological polar surface area (TPSA) is 85.4 Å². The van der Waals surface area contributed by atoms with Crippen LogP contribution in [0, 0.1) is 22.7 Å². The molecule has 19 rings (SSSR count). The lowest BCUT2D eigenvalue weighted by Gasteiger charge is -2.27. The van der Waals surface area contributed by atoms with Crippen LogP contribution in [0.2, 0.25) is 0 Å². The molecule has 13 aromatic carbocycles. The van der Waals surface area contributed by atoms with Crippen molar-refractivity contribution in [1.82, 2.24) is 22.8 Å². The molecule has 0 saturated carbocycles. The third-order valence-corrected chi connectivity index (χ3v) is 18.5. The fraction of sp³-hybridized carbons (Fsp3) is 0. The summed E-state index contributed by atoms with van der Waals surface area (Å²) < 4.78 is 18.6. The van der Waals surface area contributed by atoms with Gasteiger partial charge in [-0.2, -0.15) is 10.5 Å². The zero-order valence-corrected chi connectivity index (χ0v) is 47.0. The summed E-state index contributed by atoms with van der Waals surface area (Å²) in [6.07, 6.45) is 0. The van der Waals surface area contributed by atoms with Gasteiger partial charge in [0.05, 0.1) is 77.9 Å². The molecule has 6 aromatic heterocycles. The molecule has 0 spiro atoms. The summed E-state index contributed by atoms with van der Waals surface area (Å²) in [6, 6.07) is 102. The number of furan rings is 1. The van der Waals surface area contributed by atoms with Gasteiger partial charge >= 0.3 is 0 Å². The van der Waals surface area contributed by atoms with E-state index in [1.54, 1.807) is 0 Å². The second-order valence-corrected chi connectivity index (χ2v) is 22.9. The molecule has 0 aliphatic rings. The van der Waals surface area contributed by atoms with Crippen molar-refractivity contribution in [3.8, 4) is 51.7 Å². The smallest absolute Gasteiger partial charge is 0.160 e. The van der Waals surface area contributed by atoms with Gasteiger partial charge in [-0.05, 0) is 96.1 Å². The molecule has 8 heteroatoms. The molecule has 88 heavy (non-hydrogen) atoms. The van der Waals surface area contributed by atoms with E-state index in [9.17, 15) is 10.5 Å². The summed E-state index contributed by atoms with van der Waals surface area (Å²) in [4.78, 5) is 0. The Morgan fingerprint density at radius 1 is 0.273 bits per heavy atom. The van der Waals surface area contributed by atoms with Crippen molar-refractivity contribution >= 4 is 131 Å². The Hall–Kier alpha value is -12.4. The predicted molar refractivity (Wildman–Crippen MR) is 360 cm³/mol. The summed E-state index contributed by atoms with van der Waals surface area (Å²) in [7, 11) is 0. The van der Waals surface area contributed by atoms with E-state index >= 15 is 0 Å². The molecule has 0 unspecified atom stereocenters. The maximum absolute atomic E-state index is 13.0. The van der Waals surface area contributed by atoms with Crippen molar-refractivity contribution in [1.29, 1.82) is 10.5 Å². The lowest BCUT2D eigenvalue weighted by molar-refractivity contribution is 0.671. The van der Waals surface area contributed by atoms with Gasteiger partial charge < -0.3 is 27.3 Å². The molecule has 6 heterocycles. The van der Waals surface area contributed by atoms with Gasteiger partial charge in [-0.25, -0.2) is 0 Å². The Kier molecular flexibility index (Phi) is 9.87. The van der Waals surface area contributed by atoms with E-state index in [-0.39, 0.29) is 0 Å². The Balaban J connectivity index is 1.06. The summed E-state index contributed by atoms with van der Waals surface area (Å²) in [5, 5.41) is 38.2. The van der Waals surface area contributed by atoms with Crippen LogP contribution < -0.4 is 0 Å². The normalized spacial score (nSPS) is 12.1. The number of aromatic nitrogens is 5. The van der Waals surface area contributed by atoms with Crippen molar-refractivity contribution in [3.05, 3.63) is 284 Å². The van der Waals surface area contributed by atoms with Crippen molar-refractivity contribution in [2.24, 2.45) is 0 Å². The lowest BCUT2D eigenvalue weighted by Crippen LogP contribution is -2.16. The Labute approximate surface area is 501 Å². The molecule has 0 aliphatic carbocycles. The molecular weight excluding hydrogens is 1070 g/mol. The maximum Gasteiger partial charge on any atom is 0.160 e. The van der Waals surface area contributed by atoms with Crippen LogP contribution in [0.3, 0.4) is 0 Å². The first kappa shape index (κ1) is 48.1. The largest absolute Gasteiger partial charge is 0.454 e. The summed E-state index contributed by atoms with van der Waals surface area (Å²) in [6.45, 7) is 0. The lowest BCUT2D eigenvalue weighted by atomic mass is 9.97. The number of nitrogens with zero attached hydrogens (tertiary/aromatic N) is 7. The number of fused-ring (bicyclic) bond motifs is 19. The minimum Gasteiger partial charge on any atom is -0.454 e. The summed E-state index contributed by atoms with van der Waals surface area (Å²) in [5.41, 5.74) is 16.9. The fourth-order valence-corrected chi connectivity index (χ4v) is 15.1. The van der Waals surface area contributed by atoms with Crippen molar-refractivity contribution in [2.75, 3.05) is 0 Å². The van der Waals surface area contributed by atoms with Crippen molar-refractivity contribution in [2.45, 2.75) is 0 Å². The van der Waals surface area contributed by atoms with E-state index in [4.69, 9.17) is 4.42 Å². The molecule has 0 bridgehead atoms. The number of hydrogen-bond donors (Lipinski definition) is 0. The summed E-state index contributed by atoms with van der Waals surface area (Å²) in [5.74, 6) is 0. The molecule has 0 fully saturated rings. The minimum atomic E-state index is 0.369. The van der Waals surface area contributed by atoms with E-state index < -0.39 is 0 Å². The molecule has 0 saturated heterocycles. The van der Waals surface area contributed by atoms with Gasteiger partial charge in [0.15, 0.2) is 5.58 Å². The zero-order chi connectivity index (χ0) is 57.9. The molecule has 8 nitrogen and oxygen atoms in total. The van der Waals surface area contributed by atoms with Crippen LogP contribution in [0.15, 0.2) is 277 Å². The average Bonchev–Trinajstić information content (AvgIpc) is 1.53. The molecule has 0 N–H and O–H groups in total. The SMILES string of the molecule is N#Cc1c(-n2c3ccccc3c3ccccc32)c(-n2c3ccccc3c3ccccc32)c(C#N)c(-n2c3ccc(-c4cccc5c4c4ccccc4n5-c4ccccc4)cc3c3ccc4c5ccccc5oc4c32)c1-n1c2ccccc2c2ccccc21. The highest BCUT2D eigenvalue weighted by Crippen LogP contribution is 2.51. The first-order valence-corrected chi connectivity index (χ1v) is 29.6. The number of para-hydroxylation sites is 9. The van der Waals surface area contributed by atoms with Gasteiger partial charge in [0.1, 0.15) is 28.8 Å². The number of benzene rings is 13. The van der Waals surface area contributed by atoms with Gasteiger partial charge in [-0.1, -0.05) is 188 Å². The van der Waals surface area contributed by atoms with Crippen LogP contribution in [-0.2, 0) is 0 Å². The van der Waals surface area contributed by atoms with Gasteiger partial charge in [0, 0.05) is 70.3 Å². The van der Waals surface area contributed by atoms with E-state index in [2.05, 4.69) is 296 Å². The van der Waals surface area contributed by atoms with Crippen LogP contribution in [-0.4, -0.2) is 22.8 Å². The first-order valence-electron chi connectivity index (χ1n) is 29.6. The van der Waals surface area contributed by atoms with Crippen LogP contribution in [0.5, 0.6) is 0 Å². The van der Waals surface area contributed by atoms with E-state index in [1.807, 2.05) is 12.1 Å². The van der Waals surface area contributed by atoms with Crippen LogP contribution >= 0.6 is 0 Å². The highest BCUT2D eigenvalue weighted by molar-refractivity contribution is 6.24. The van der Waals surface area contributed by atoms with Crippen molar-refractivity contribution in [3.63, 3.8) is 0 Å². The highest BCUT2D eigenvalue weighted by atomic mass is 16.3. The second-order valence-electron chi connectivity index (χ2n) is 22.9. The van der Waals surface area contributed by atoms with Gasteiger partial charge in [-0.3, -0.25) is 0 Å². The minimum absolute atomic E-state index is 0.369. The number of rotatable bonds is 6. The van der Waals surface area contributed by atoms with Crippen LogP contribution in [0.1, 0.15) is 11.1 Å². The van der Waals surface area contributed by atoms with E-state index in [0.29, 0.717) is 39.5 Å². The maximum atomic E-state index is 13.0. The van der Waals surface area contributed by atoms with Gasteiger partial charge in [0.2, 0.25) is 0 Å². The number of nitriles is 2. The first-order chi connectivity index (χ1) is 43.7. The van der Waals surface area contributed by atoms with E-state index in [0.717, 1.165) is 142 Å². The zero-order valence-electron chi connectivity index (χ0n) is 47.0. The predicted octanol–water partition coefficient (Wildman–Crippen LogP) is 20.5. The second kappa shape index (κ2) is 18.1. The van der Waals surface area contributed by atoms with Crippen molar-refractivity contribution < 1.29 is 4.42 Å². The Morgan fingerprint density at radius 3 is 1.15 bits per heavy atom. The number of hydrogen-bond acceptors (Lipinski definition) is 3. The molecule has 406 valence electrons. The van der Waals surface area contributed by atoms with Gasteiger partial charge in [-0.15, -0.1) is 0 Å². The average molecular weight is 1120 g/mol. The Morgan fingerprint density at radius 2 is 0.659 bits per heavy atom. The molecule has 0 atom stereocenters. The quantitative estimate of drug-likeness (QED) is 0.166. The van der Waals surface area contributed by atoms with E-state index in [1.165, 1.54) is 0 Å². The molecular formula is C80H45N7O. The standard InChI is InChI=1S/C80H45N7O/c81-46-62-75(84-64-32-12-4-23-51(64)52-24-5-13-33-65(52)84)76(85-66-34-14-6-25-53(66)54-26-7-15-35-67(54)85)63(47-82)78(77(62)86-68-36-16-8-27-55(68)56-28-9-17-37-69(56)86)87-71-44-41-48(45-61(71)58-42-43-59-57-29-11-19-40-73(57)88-80(59)79(58)87)50-31-20-39-72-74(50)60-30-10-18-38-70(60)83(72)49-21-2-1-3-22-49/h1-45H. The monoisotopic (exact) mass is 1120 g/mol.